The van der Waals surface area contributed by atoms with Crippen molar-refractivity contribution in [3.8, 4) is 0 Å². The second-order valence-corrected chi connectivity index (χ2v) is 5.33. The van der Waals surface area contributed by atoms with Crippen molar-refractivity contribution in [3.63, 3.8) is 0 Å². The van der Waals surface area contributed by atoms with Crippen LogP contribution in [0, 0.1) is 5.92 Å². The Morgan fingerprint density at radius 1 is 1.40 bits per heavy atom. The molecule has 0 saturated heterocycles. The standard InChI is InChI=1S/C15H23ClN2O2/c1-5-10(6-2)9(3)18-14-12(15(19)20-4)7-11(17)8-13(14)16/h7-10,18H,5-6,17H2,1-4H3. The van der Waals surface area contributed by atoms with Gasteiger partial charge < -0.3 is 15.8 Å². The molecule has 20 heavy (non-hydrogen) atoms. The first-order chi connectivity index (χ1) is 9.44. The van der Waals surface area contributed by atoms with Gasteiger partial charge >= 0.3 is 5.97 Å². The van der Waals surface area contributed by atoms with Crippen molar-refractivity contribution < 1.29 is 9.53 Å². The molecule has 0 fully saturated rings. The lowest BCUT2D eigenvalue weighted by atomic mass is 9.95. The molecule has 0 aromatic heterocycles. The molecule has 0 amide bonds. The van der Waals surface area contributed by atoms with E-state index in [9.17, 15) is 4.79 Å². The first kappa shape index (κ1) is 16.6. The number of nitrogens with one attached hydrogen (secondary N) is 1. The molecular weight excluding hydrogens is 276 g/mol. The second kappa shape index (κ2) is 7.39. The first-order valence-electron chi connectivity index (χ1n) is 6.88. The third-order valence-corrected chi connectivity index (χ3v) is 3.94. The van der Waals surface area contributed by atoms with Crippen molar-refractivity contribution in [2.75, 3.05) is 18.2 Å². The number of hydrogen-bond donors (Lipinski definition) is 2. The van der Waals surface area contributed by atoms with Crippen LogP contribution in [0.1, 0.15) is 44.0 Å². The van der Waals surface area contributed by atoms with E-state index in [4.69, 9.17) is 22.1 Å². The number of benzene rings is 1. The molecule has 0 spiro atoms. The van der Waals surface area contributed by atoms with Gasteiger partial charge in [0.15, 0.2) is 0 Å². The Morgan fingerprint density at radius 2 is 2.00 bits per heavy atom. The summed E-state index contributed by atoms with van der Waals surface area (Å²) in [5.74, 6) is 0.0626. The zero-order valence-electron chi connectivity index (χ0n) is 12.5. The summed E-state index contributed by atoms with van der Waals surface area (Å²) < 4.78 is 4.79. The zero-order chi connectivity index (χ0) is 15.3. The topological polar surface area (TPSA) is 64.3 Å². The summed E-state index contributed by atoms with van der Waals surface area (Å²) in [5.41, 5.74) is 7.15. The average molecular weight is 299 g/mol. The monoisotopic (exact) mass is 298 g/mol. The summed E-state index contributed by atoms with van der Waals surface area (Å²) in [6.45, 7) is 6.39. The van der Waals surface area contributed by atoms with Gasteiger partial charge in [0.2, 0.25) is 0 Å². The molecule has 0 saturated carbocycles. The highest BCUT2D eigenvalue weighted by Crippen LogP contribution is 2.31. The normalized spacial score (nSPS) is 12.3. The predicted molar refractivity (Wildman–Crippen MR) is 84.4 cm³/mol. The molecule has 0 aliphatic heterocycles. The van der Waals surface area contributed by atoms with Gasteiger partial charge in [0.1, 0.15) is 0 Å². The molecule has 5 heteroatoms. The quantitative estimate of drug-likeness (QED) is 0.616. The maximum atomic E-state index is 11.9. The molecule has 1 rings (SSSR count). The van der Waals surface area contributed by atoms with Crippen molar-refractivity contribution in [3.05, 3.63) is 22.7 Å². The van der Waals surface area contributed by atoms with Crippen LogP contribution in [0.3, 0.4) is 0 Å². The zero-order valence-corrected chi connectivity index (χ0v) is 13.3. The number of methoxy groups -OCH3 is 1. The van der Waals surface area contributed by atoms with E-state index in [-0.39, 0.29) is 6.04 Å². The van der Waals surface area contributed by atoms with Crippen LogP contribution in [0.25, 0.3) is 0 Å². The van der Waals surface area contributed by atoms with E-state index in [1.54, 1.807) is 12.1 Å². The van der Waals surface area contributed by atoms with Crippen LogP contribution in [-0.4, -0.2) is 19.1 Å². The fourth-order valence-corrected chi connectivity index (χ4v) is 2.67. The number of rotatable bonds is 6. The number of esters is 1. The minimum Gasteiger partial charge on any atom is -0.465 e. The average Bonchev–Trinajstić information content (AvgIpc) is 2.42. The van der Waals surface area contributed by atoms with Gasteiger partial charge in [-0.15, -0.1) is 0 Å². The number of hydrogen-bond acceptors (Lipinski definition) is 4. The lowest BCUT2D eigenvalue weighted by molar-refractivity contribution is 0.0602. The smallest absolute Gasteiger partial charge is 0.340 e. The van der Waals surface area contributed by atoms with E-state index in [2.05, 4.69) is 26.1 Å². The van der Waals surface area contributed by atoms with Crippen molar-refractivity contribution >= 4 is 28.9 Å². The second-order valence-electron chi connectivity index (χ2n) is 4.93. The van der Waals surface area contributed by atoms with Crippen molar-refractivity contribution in [1.82, 2.24) is 0 Å². The maximum absolute atomic E-state index is 11.9. The molecule has 0 radical (unpaired) electrons. The lowest BCUT2D eigenvalue weighted by Crippen LogP contribution is -2.26. The highest BCUT2D eigenvalue weighted by molar-refractivity contribution is 6.34. The van der Waals surface area contributed by atoms with Crippen molar-refractivity contribution in [2.45, 2.75) is 39.7 Å². The van der Waals surface area contributed by atoms with Gasteiger partial charge in [-0.05, 0) is 25.0 Å². The number of carbonyl (C=O) groups is 1. The number of ether oxygens (including phenoxy) is 1. The fraction of sp³-hybridized carbons (Fsp3) is 0.533. The lowest BCUT2D eigenvalue weighted by Gasteiger charge is -2.25. The van der Waals surface area contributed by atoms with Gasteiger partial charge in [-0.25, -0.2) is 4.79 Å². The molecule has 4 nitrogen and oxygen atoms in total. The van der Waals surface area contributed by atoms with Crippen LogP contribution in [0.15, 0.2) is 12.1 Å². The summed E-state index contributed by atoms with van der Waals surface area (Å²) in [7, 11) is 1.34. The summed E-state index contributed by atoms with van der Waals surface area (Å²) in [4.78, 5) is 11.9. The largest absolute Gasteiger partial charge is 0.465 e. The van der Waals surface area contributed by atoms with Crippen LogP contribution in [-0.2, 0) is 4.74 Å². The molecule has 1 unspecified atom stereocenters. The van der Waals surface area contributed by atoms with Gasteiger partial charge in [-0.1, -0.05) is 38.3 Å². The molecule has 1 aromatic carbocycles. The Morgan fingerprint density at radius 3 is 2.50 bits per heavy atom. The molecule has 3 N–H and O–H groups in total. The molecule has 1 aromatic rings. The summed E-state index contributed by atoms with van der Waals surface area (Å²) in [6.07, 6.45) is 2.12. The van der Waals surface area contributed by atoms with E-state index < -0.39 is 5.97 Å². The highest BCUT2D eigenvalue weighted by Gasteiger charge is 2.20. The van der Waals surface area contributed by atoms with E-state index in [1.807, 2.05) is 0 Å². The third-order valence-electron chi connectivity index (χ3n) is 3.65. The molecule has 0 aliphatic rings. The summed E-state index contributed by atoms with van der Waals surface area (Å²) in [5, 5.41) is 3.77. The van der Waals surface area contributed by atoms with Gasteiger partial charge in [0.25, 0.3) is 0 Å². The Hall–Kier alpha value is -1.42. The number of nitrogens with two attached hydrogens (primary N) is 1. The van der Waals surface area contributed by atoms with E-state index in [0.717, 1.165) is 12.8 Å². The van der Waals surface area contributed by atoms with Gasteiger partial charge in [0, 0.05) is 11.7 Å². The Kier molecular flexibility index (Phi) is 6.14. The molecule has 0 heterocycles. The van der Waals surface area contributed by atoms with Crippen LogP contribution >= 0.6 is 11.6 Å². The SMILES string of the molecule is CCC(CC)C(C)Nc1c(Cl)cc(N)cc1C(=O)OC. The predicted octanol–water partition coefficient (Wildman–Crippen LogP) is 3.95. The third kappa shape index (κ3) is 3.79. The van der Waals surface area contributed by atoms with Gasteiger partial charge in [0.05, 0.1) is 23.4 Å². The number of halogens is 1. The van der Waals surface area contributed by atoms with E-state index in [1.165, 1.54) is 7.11 Å². The molecule has 0 bridgehead atoms. The van der Waals surface area contributed by atoms with Crippen molar-refractivity contribution in [2.24, 2.45) is 5.92 Å². The Bertz CT molecular complexity index is 473. The fourth-order valence-electron chi connectivity index (χ4n) is 2.39. The highest BCUT2D eigenvalue weighted by atomic mass is 35.5. The Labute approximate surface area is 125 Å². The van der Waals surface area contributed by atoms with Crippen LogP contribution in [0.4, 0.5) is 11.4 Å². The Balaban J connectivity index is 3.13. The van der Waals surface area contributed by atoms with Crippen LogP contribution in [0.2, 0.25) is 5.02 Å². The van der Waals surface area contributed by atoms with Gasteiger partial charge in [-0.3, -0.25) is 0 Å². The van der Waals surface area contributed by atoms with Crippen molar-refractivity contribution in [1.29, 1.82) is 0 Å². The first-order valence-corrected chi connectivity index (χ1v) is 7.26. The summed E-state index contributed by atoms with van der Waals surface area (Å²) >= 11 is 6.22. The molecule has 0 aliphatic carbocycles. The molecule has 1 atom stereocenters. The van der Waals surface area contributed by atoms with E-state index >= 15 is 0 Å². The van der Waals surface area contributed by atoms with Gasteiger partial charge in [-0.2, -0.15) is 0 Å². The summed E-state index contributed by atoms with van der Waals surface area (Å²) in [6, 6.07) is 3.42. The van der Waals surface area contributed by atoms with Crippen LogP contribution in [0.5, 0.6) is 0 Å². The number of nitrogen functional groups attached to an aromatic ring is 1. The minimum atomic E-state index is -0.446. The van der Waals surface area contributed by atoms with E-state index in [0.29, 0.717) is 27.9 Å². The minimum absolute atomic E-state index is 0.203. The maximum Gasteiger partial charge on any atom is 0.340 e. The molecular formula is C15H23ClN2O2. The number of carbonyl (C=O) groups excluding carboxylic acids is 1. The molecule has 112 valence electrons. The number of anilines is 2. The van der Waals surface area contributed by atoms with Crippen LogP contribution < -0.4 is 11.1 Å².